The Balaban J connectivity index is 1.81. The van der Waals surface area contributed by atoms with Crippen molar-refractivity contribution in [3.05, 3.63) is 12.4 Å². The molecule has 8 heteroatoms. The number of carboxylic acid groups (broad SMARTS) is 1. The number of likely N-dealkylation sites (N-methyl/N-ethyl adjacent to an activating group) is 1. The Morgan fingerprint density at radius 1 is 1.58 bits per heavy atom. The molecule has 104 valence electrons. The van der Waals surface area contributed by atoms with Gasteiger partial charge >= 0.3 is 12.0 Å². The molecular weight excluding hydrogens is 250 g/mol. The van der Waals surface area contributed by atoms with E-state index in [2.05, 4.69) is 20.6 Å². The van der Waals surface area contributed by atoms with Gasteiger partial charge in [0.05, 0.1) is 11.9 Å². The second-order valence-corrected chi connectivity index (χ2v) is 4.67. The first-order valence-electron chi connectivity index (χ1n) is 6.03. The van der Waals surface area contributed by atoms with Crippen molar-refractivity contribution >= 4 is 17.7 Å². The second kappa shape index (κ2) is 5.70. The number of aromatic nitrogens is 2. The number of carbonyl (C=O) groups is 2. The normalized spacial score (nSPS) is 19.3. The number of carbonyl (C=O) groups excluding carboxylic acids is 1. The number of amides is 2. The summed E-state index contributed by atoms with van der Waals surface area (Å²) in [6.45, 7) is 1.59. The summed E-state index contributed by atoms with van der Waals surface area (Å²) in [5.74, 6) is -0.979. The maximum atomic E-state index is 11.7. The van der Waals surface area contributed by atoms with E-state index < -0.39 is 5.97 Å². The first-order chi connectivity index (χ1) is 9.02. The van der Waals surface area contributed by atoms with E-state index in [1.807, 2.05) is 7.05 Å². The van der Waals surface area contributed by atoms with Crippen molar-refractivity contribution in [1.82, 2.24) is 20.0 Å². The van der Waals surface area contributed by atoms with Crippen LogP contribution in [0.4, 0.5) is 10.5 Å². The SMILES string of the molecule is CN1CCC(NC(=O)Nc2cnn(CC(=O)O)c2)C1. The minimum atomic E-state index is -0.979. The predicted molar refractivity (Wildman–Crippen MR) is 67.9 cm³/mol. The Labute approximate surface area is 110 Å². The molecule has 2 heterocycles. The minimum Gasteiger partial charge on any atom is -0.480 e. The number of hydrogen-bond donors (Lipinski definition) is 3. The summed E-state index contributed by atoms with van der Waals surface area (Å²) >= 11 is 0. The van der Waals surface area contributed by atoms with Crippen LogP contribution in [0.2, 0.25) is 0 Å². The number of urea groups is 1. The molecule has 0 aliphatic carbocycles. The van der Waals surface area contributed by atoms with E-state index in [9.17, 15) is 9.59 Å². The van der Waals surface area contributed by atoms with E-state index in [4.69, 9.17) is 5.11 Å². The van der Waals surface area contributed by atoms with Crippen LogP contribution in [-0.2, 0) is 11.3 Å². The Morgan fingerprint density at radius 2 is 2.37 bits per heavy atom. The van der Waals surface area contributed by atoms with Gasteiger partial charge in [-0.1, -0.05) is 0 Å². The number of nitrogens with one attached hydrogen (secondary N) is 2. The highest BCUT2D eigenvalue weighted by Crippen LogP contribution is 2.08. The van der Waals surface area contributed by atoms with Gasteiger partial charge in [-0.25, -0.2) is 4.79 Å². The summed E-state index contributed by atoms with van der Waals surface area (Å²) in [6, 6.07) is -0.144. The van der Waals surface area contributed by atoms with Gasteiger partial charge in [0.2, 0.25) is 0 Å². The van der Waals surface area contributed by atoms with Gasteiger partial charge in [0.25, 0.3) is 0 Å². The molecule has 0 saturated carbocycles. The van der Waals surface area contributed by atoms with Crippen molar-refractivity contribution in [2.75, 3.05) is 25.5 Å². The maximum Gasteiger partial charge on any atom is 0.325 e. The van der Waals surface area contributed by atoms with Gasteiger partial charge in [0.15, 0.2) is 0 Å². The van der Waals surface area contributed by atoms with E-state index in [1.54, 1.807) is 0 Å². The van der Waals surface area contributed by atoms with Crippen LogP contribution in [0.15, 0.2) is 12.4 Å². The van der Waals surface area contributed by atoms with Gasteiger partial charge in [-0.15, -0.1) is 0 Å². The number of aliphatic carboxylic acids is 1. The minimum absolute atomic E-state index is 0.152. The van der Waals surface area contributed by atoms with E-state index in [0.29, 0.717) is 5.69 Å². The molecular formula is C11H17N5O3. The van der Waals surface area contributed by atoms with Gasteiger partial charge in [-0.05, 0) is 20.0 Å². The van der Waals surface area contributed by atoms with E-state index >= 15 is 0 Å². The molecule has 1 unspecified atom stereocenters. The molecule has 1 aliphatic heterocycles. The fourth-order valence-corrected chi connectivity index (χ4v) is 2.06. The second-order valence-electron chi connectivity index (χ2n) is 4.67. The summed E-state index contributed by atoms with van der Waals surface area (Å²) in [7, 11) is 2.01. The molecule has 0 bridgehead atoms. The highest BCUT2D eigenvalue weighted by Gasteiger charge is 2.21. The fraction of sp³-hybridized carbons (Fsp3) is 0.545. The standard InChI is InChI=1S/C11H17N5O3/c1-15-3-2-8(5-15)13-11(19)14-9-4-12-16(6-9)7-10(17)18/h4,6,8H,2-3,5,7H2,1H3,(H,17,18)(H2,13,14,19). The Hall–Kier alpha value is -2.09. The molecule has 1 saturated heterocycles. The van der Waals surface area contributed by atoms with Gasteiger partial charge < -0.3 is 20.6 Å². The fourth-order valence-electron chi connectivity index (χ4n) is 2.06. The summed E-state index contributed by atoms with van der Waals surface area (Å²) in [6.07, 6.45) is 3.83. The Bertz CT molecular complexity index is 473. The lowest BCUT2D eigenvalue weighted by Crippen LogP contribution is -2.39. The quantitative estimate of drug-likeness (QED) is 0.701. The van der Waals surface area contributed by atoms with Crippen molar-refractivity contribution in [1.29, 1.82) is 0 Å². The Morgan fingerprint density at radius 3 is 3.00 bits per heavy atom. The highest BCUT2D eigenvalue weighted by atomic mass is 16.4. The molecule has 1 fully saturated rings. The van der Waals surface area contributed by atoms with Crippen LogP contribution in [0, 0.1) is 0 Å². The number of likely N-dealkylation sites (tertiary alicyclic amines) is 1. The Kier molecular flexibility index (Phi) is 4.00. The lowest BCUT2D eigenvalue weighted by atomic mass is 10.3. The van der Waals surface area contributed by atoms with Gasteiger partial charge in [0.1, 0.15) is 6.54 Å². The molecule has 1 aromatic heterocycles. The number of nitrogens with zero attached hydrogens (tertiary/aromatic N) is 3. The van der Waals surface area contributed by atoms with Crippen LogP contribution in [0.1, 0.15) is 6.42 Å². The third-order valence-corrected chi connectivity index (χ3v) is 2.91. The first kappa shape index (κ1) is 13.3. The molecule has 1 atom stereocenters. The number of rotatable bonds is 4. The van der Waals surface area contributed by atoms with E-state index in [-0.39, 0.29) is 18.6 Å². The average molecular weight is 267 g/mol. The molecule has 3 N–H and O–H groups in total. The lowest BCUT2D eigenvalue weighted by Gasteiger charge is -2.12. The summed E-state index contributed by atoms with van der Waals surface area (Å²) in [5, 5.41) is 17.9. The average Bonchev–Trinajstić information content (AvgIpc) is 2.88. The molecule has 1 aromatic rings. The molecule has 1 aliphatic rings. The summed E-state index contributed by atoms with van der Waals surface area (Å²) in [5.41, 5.74) is 0.477. The predicted octanol–water partition coefficient (Wildman–Crippen LogP) is -0.207. The van der Waals surface area contributed by atoms with Gasteiger partial charge in [-0.2, -0.15) is 5.10 Å². The van der Waals surface area contributed by atoms with Crippen molar-refractivity contribution in [2.45, 2.75) is 19.0 Å². The molecule has 8 nitrogen and oxygen atoms in total. The zero-order valence-corrected chi connectivity index (χ0v) is 10.7. The van der Waals surface area contributed by atoms with Crippen molar-refractivity contribution in [2.24, 2.45) is 0 Å². The first-order valence-corrected chi connectivity index (χ1v) is 6.03. The number of anilines is 1. The third-order valence-electron chi connectivity index (χ3n) is 2.91. The van der Waals surface area contributed by atoms with Crippen LogP contribution in [0.5, 0.6) is 0 Å². The van der Waals surface area contributed by atoms with E-state index in [0.717, 1.165) is 19.5 Å². The molecule has 19 heavy (non-hydrogen) atoms. The molecule has 0 radical (unpaired) electrons. The molecule has 0 spiro atoms. The van der Waals surface area contributed by atoms with Crippen LogP contribution >= 0.6 is 0 Å². The zero-order chi connectivity index (χ0) is 13.8. The topological polar surface area (TPSA) is 99.5 Å². The molecule has 2 amide bonds. The summed E-state index contributed by atoms with van der Waals surface area (Å²) in [4.78, 5) is 24.4. The monoisotopic (exact) mass is 267 g/mol. The van der Waals surface area contributed by atoms with Crippen LogP contribution in [0.3, 0.4) is 0 Å². The lowest BCUT2D eigenvalue weighted by molar-refractivity contribution is -0.137. The summed E-state index contributed by atoms with van der Waals surface area (Å²) < 4.78 is 1.25. The van der Waals surface area contributed by atoms with Crippen molar-refractivity contribution in [3.8, 4) is 0 Å². The largest absolute Gasteiger partial charge is 0.480 e. The highest BCUT2D eigenvalue weighted by molar-refractivity contribution is 5.89. The molecule has 2 rings (SSSR count). The van der Waals surface area contributed by atoms with Crippen LogP contribution in [-0.4, -0.2) is 58.0 Å². The van der Waals surface area contributed by atoms with Crippen LogP contribution < -0.4 is 10.6 Å². The third kappa shape index (κ3) is 3.95. The number of carboxylic acids is 1. The molecule has 0 aromatic carbocycles. The van der Waals surface area contributed by atoms with Gasteiger partial charge in [0, 0.05) is 18.8 Å². The van der Waals surface area contributed by atoms with Crippen LogP contribution in [0.25, 0.3) is 0 Å². The van der Waals surface area contributed by atoms with E-state index in [1.165, 1.54) is 17.1 Å². The zero-order valence-electron chi connectivity index (χ0n) is 10.7. The van der Waals surface area contributed by atoms with Gasteiger partial charge in [-0.3, -0.25) is 9.48 Å². The van der Waals surface area contributed by atoms with Crippen molar-refractivity contribution in [3.63, 3.8) is 0 Å². The smallest absolute Gasteiger partial charge is 0.325 e. The van der Waals surface area contributed by atoms with Crippen molar-refractivity contribution < 1.29 is 14.7 Å². The maximum absolute atomic E-state index is 11.7. The number of hydrogen-bond acceptors (Lipinski definition) is 4.